The van der Waals surface area contributed by atoms with Crippen molar-refractivity contribution in [2.75, 3.05) is 40.9 Å². The van der Waals surface area contributed by atoms with Gasteiger partial charge in [-0.1, -0.05) is 60.7 Å². The number of quaternary nitrogens is 1. The minimum Gasteiger partial charge on any atom is -0.378 e. The van der Waals surface area contributed by atoms with Gasteiger partial charge in [0.1, 0.15) is 12.1 Å². The van der Waals surface area contributed by atoms with E-state index in [0.29, 0.717) is 6.61 Å². The van der Waals surface area contributed by atoms with E-state index in [4.69, 9.17) is 4.74 Å². The first kappa shape index (κ1) is 16.7. The predicted octanol–water partition coefficient (Wildman–Crippen LogP) is 2.65. The third kappa shape index (κ3) is 4.41. The first-order valence-corrected chi connectivity index (χ1v) is 7.63. The molecule has 2 rings (SSSR count). The molecule has 0 aliphatic heterocycles. The third-order valence-electron chi connectivity index (χ3n) is 3.72. The van der Waals surface area contributed by atoms with Crippen LogP contribution in [0.2, 0.25) is 0 Å². The lowest BCUT2D eigenvalue weighted by Crippen LogP contribution is -2.39. The molecule has 118 valence electrons. The maximum absolute atomic E-state index is 11.3. The summed E-state index contributed by atoms with van der Waals surface area (Å²) < 4.78 is 6.66. The Kier molecular flexibility index (Phi) is 5.35. The molecule has 0 atom stereocenters. The summed E-state index contributed by atoms with van der Waals surface area (Å²) in [6.45, 7) is 1.77. The lowest BCUT2D eigenvalue weighted by Gasteiger charge is -2.30. The lowest BCUT2D eigenvalue weighted by molar-refractivity contribution is -0.870. The molecule has 0 bridgehead atoms. The maximum Gasteiger partial charge on any atom is 0.138 e. The zero-order chi connectivity index (χ0) is 16.1. The van der Waals surface area contributed by atoms with Gasteiger partial charge in [-0.05, 0) is 11.1 Å². The van der Waals surface area contributed by atoms with Crippen LogP contribution in [0.4, 0.5) is 0 Å². The van der Waals surface area contributed by atoms with Gasteiger partial charge in [-0.3, -0.25) is 0 Å². The molecule has 0 heterocycles. The first-order chi connectivity index (χ1) is 10.4. The number of aliphatic hydroxyl groups is 1. The Hall–Kier alpha value is -1.68. The lowest BCUT2D eigenvalue weighted by atomic mass is 9.87. The molecule has 3 nitrogen and oxygen atoms in total. The normalized spacial score (nSPS) is 12.4. The number of hydrogen-bond donors (Lipinski definition) is 1. The zero-order valence-corrected chi connectivity index (χ0v) is 13.7. The Morgan fingerprint density at radius 3 is 1.73 bits per heavy atom. The Bertz CT molecular complexity index is 521. The minimum absolute atomic E-state index is 0.251. The summed E-state index contributed by atoms with van der Waals surface area (Å²) in [5, 5.41) is 11.3. The van der Waals surface area contributed by atoms with E-state index < -0.39 is 5.60 Å². The highest BCUT2D eigenvalue weighted by atomic mass is 16.5. The van der Waals surface area contributed by atoms with Crippen LogP contribution in [0.1, 0.15) is 11.1 Å². The fourth-order valence-corrected chi connectivity index (χ4v) is 2.32. The van der Waals surface area contributed by atoms with Gasteiger partial charge in [0.05, 0.1) is 34.4 Å². The summed E-state index contributed by atoms with van der Waals surface area (Å²) in [4.78, 5) is 0. The average Bonchev–Trinajstić information content (AvgIpc) is 2.52. The van der Waals surface area contributed by atoms with Crippen molar-refractivity contribution in [3.05, 3.63) is 71.8 Å². The van der Waals surface area contributed by atoms with Crippen LogP contribution in [0.15, 0.2) is 60.7 Å². The Balaban J connectivity index is 2.17. The molecule has 22 heavy (non-hydrogen) atoms. The van der Waals surface area contributed by atoms with Gasteiger partial charge in [0.25, 0.3) is 0 Å². The molecule has 0 aliphatic rings. The third-order valence-corrected chi connectivity index (χ3v) is 3.72. The molecule has 0 saturated carbocycles. The van der Waals surface area contributed by atoms with Crippen LogP contribution in [0.5, 0.6) is 0 Å². The van der Waals surface area contributed by atoms with Gasteiger partial charge in [-0.25, -0.2) is 0 Å². The highest BCUT2D eigenvalue weighted by Crippen LogP contribution is 2.29. The van der Waals surface area contributed by atoms with Crippen LogP contribution in [0, 0.1) is 0 Å². The van der Waals surface area contributed by atoms with Crippen molar-refractivity contribution >= 4 is 0 Å². The van der Waals surface area contributed by atoms with Crippen molar-refractivity contribution in [1.82, 2.24) is 0 Å². The van der Waals surface area contributed by atoms with Gasteiger partial charge in [0, 0.05) is 0 Å². The molecule has 3 heteroatoms. The summed E-state index contributed by atoms with van der Waals surface area (Å²) in [5.41, 5.74) is 0.589. The van der Waals surface area contributed by atoms with Gasteiger partial charge in [0.2, 0.25) is 0 Å². The van der Waals surface area contributed by atoms with Gasteiger partial charge < -0.3 is 14.3 Å². The van der Waals surface area contributed by atoms with E-state index in [1.54, 1.807) is 0 Å². The van der Waals surface area contributed by atoms with E-state index >= 15 is 0 Å². The fourth-order valence-electron chi connectivity index (χ4n) is 2.32. The second kappa shape index (κ2) is 7.05. The SMILES string of the molecule is C[N+](C)(C)CCOCC(O)(c1ccccc1)c1ccccc1. The molecule has 1 N–H and O–H groups in total. The van der Waals surface area contributed by atoms with E-state index in [0.717, 1.165) is 22.2 Å². The number of ether oxygens (including phenoxy) is 1. The summed E-state index contributed by atoms with van der Waals surface area (Å²) in [6.07, 6.45) is 0. The largest absolute Gasteiger partial charge is 0.378 e. The van der Waals surface area contributed by atoms with Crippen LogP contribution >= 0.6 is 0 Å². The van der Waals surface area contributed by atoms with E-state index in [1.165, 1.54) is 0 Å². The van der Waals surface area contributed by atoms with Gasteiger partial charge >= 0.3 is 0 Å². The highest BCUT2D eigenvalue weighted by Gasteiger charge is 2.31. The molecular formula is C19H26NO2+. The standard InChI is InChI=1S/C19H26NO2/c1-20(2,3)14-15-22-16-19(21,17-10-6-4-7-11-17)18-12-8-5-9-13-18/h4-13,21H,14-16H2,1-3H3/q+1. The zero-order valence-electron chi connectivity index (χ0n) is 13.7. The molecule has 0 aromatic heterocycles. The van der Waals surface area contributed by atoms with Crippen molar-refractivity contribution in [3.63, 3.8) is 0 Å². The topological polar surface area (TPSA) is 29.5 Å². The van der Waals surface area contributed by atoms with Crippen molar-refractivity contribution in [1.29, 1.82) is 0 Å². The Morgan fingerprint density at radius 1 is 0.864 bits per heavy atom. The number of nitrogens with zero attached hydrogens (tertiary/aromatic N) is 1. The van der Waals surface area contributed by atoms with E-state index in [-0.39, 0.29) is 6.61 Å². The van der Waals surface area contributed by atoms with Crippen molar-refractivity contribution < 1.29 is 14.3 Å². The second-order valence-electron chi connectivity index (χ2n) is 6.66. The number of hydrogen-bond acceptors (Lipinski definition) is 2. The van der Waals surface area contributed by atoms with Gasteiger partial charge in [-0.15, -0.1) is 0 Å². The van der Waals surface area contributed by atoms with E-state index in [2.05, 4.69) is 21.1 Å². The summed E-state index contributed by atoms with van der Waals surface area (Å²) in [7, 11) is 6.39. The van der Waals surface area contributed by atoms with Crippen LogP contribution in [-0.2, 0) is 10.3 Å². The van der Waals surface area contributed by atoms with Crippen LogP contribution in [-0.4, -0.2) is 50.5 Å². The molecule has 0 fully saturated rings. The van der Waals surface area contributed by atoms with Crippen LogP contribution < -0.4 is 0 Å². The molecule has 2 aromatic carbocycles. The highest BCUT2D eigenvalue weighted by molar-refractivity contribution is 5.35. The van der Waals surface area contributed by atoms with Crippen molar-refractivity contribution in [3.8, 4) is 0 Å². The molecular weight excluding hydrogens is 274 g/mol. The Labute approximate surface area is 133 Å². The minimum atomic E-state index is -1.12. The molecule has 0 unspecified atom stereocenters. The van der Waals surface area contributed by atoms with Gasteiger partial charge in [0.15, 0.2) is 0 Å². The molecule has 0 radical (unpaired) electrons. The first-order valence-electron chi connectivity index (χ1n) is 7.63. The summed E-state index contributed by atoms with van der Waals surface area (Å²) in [5.74, 6) is 0. The summed E-state index contributed by atoms with van der Waals surface area (Å²) >= 11 is 0. The average molecular weight is 300 g/mol. The monoisotopic (exact) mass is 300 g/mol. The van der Waals surface area contributed by atoms with Crippen molar-refractivity contribution in [2.45, 2.75) is 5.60 Å². The quantitative estimate of drug-likeness (QED) is 0.629. The molecule has 0 saturated heterocycles. The predicted molar refractivity (Wildman–Crippen MR) is 89.6 cm³/mol. The fraction of sp³-hybridized carbons (Fsp3) is 0.368. The molecule has 0 amide bonds. The smallest absolute Gasteiger partial charge is 0.138 e. The number of benzene rings is 2. The van der Waals surface area contributed by atoms with Crippen LogP contribution in [0.25, 0.3) is 0 Å². The molecule has 0 spiro atoms. The van der Waals surface area contributed by atoms with E-state index in [9.17, 15) is 5.11 Å². The number of rotatable bonds is 7. The van der Waals surface area contributed by atoms with Crippen LogP contribution in [0.3, 0.4) is 0 Å². The van der Waals surface area contributed by atoms with Gasteiger partial charge in [-0.2, -0.15) is 0 Å². The number of likely N-dealkylation sites (N-methyl/N-ethyl adjacent to an activating group) is 1. The Morgan fingerprint density at radius 2 is 1.32 bits per heavy atom. The molecule has 2 aromatic rings. The summed E-state index contributed by atoms with van der Waals surface area (Å²) in [6, 6.07) is 19.4. The van der Waals surface area contributed by atoms with Crippen molar-refractivity contribution in [2.24, 2.45) is 0 Å². The maximum atomic E-state index is 11.3. The molecule has 0 aliphatic carbocycles. The second-order valence-corrected chi connectivity index (χ2v) is 6.66. The van der Waals surface area contributed by atoms with E-state index in [1.807, 2.05) is 60.7 Å².